The highest BCUT2D eigenvalue weighted by atomic mass is 16.3. The highest BCUT2D eigenvalue weighted by Gasteiger charge is 2.16. The van der Waals surface area contributed by atoms with E-state index in [4.69, 9.17) is 4.42 Å². The molecule has 0 atom stereocenters. The molecule has 7 nitrogen and oxygen atoms in total. The van der Waals surface area contributed by atoms with Crippen molar-refractivity contribution in [1.29, 1.82) is 0 Å². The number of pyridine rings is 1. The average molecular weight is 329 g/mol. The van der Waals surface area contributed by atoms with Gasteiger partial charge in [0.25, 0.3) is 5.91 Å². The quantitative estimate of drug-likeness (QED) is 0.796. The Labute approximate surface area is 141 Å². The van der Waals surface area contributed by atoms with Gasteiger partial charge in [0.15, 0.2) is 11.4 Å². The summed E-state index contributed by atoms with van der Waals surface area (Å²) in [6.45, 7) is 6.57. The summed E-state index contributed by atoms with van der Waals surface area (Å²) >= 11 is 0. The van der Waals surface area contributed by atoms with Gasteiger partial charge in [-0.3, -0.25) is 4.79 Å². The van der Waals surface area contributed by atoms with E-state index >= 15 is 0 Å². The number of nitrogens with one attached hydrogen (secondary N) is 1. The first-order valence-electron chi connectivity index (χ1n) is 8.02. The molecule has 0 aliphatic carbocycles. The van der Waals surface area contributed by atoms with Crippen LogP contribution < -0.4 is 5.32 Å². The molecular formula is C17H23N5O2. The van der Waals surface area contributed by atoms with Crippen LogP contribution in [-0.2, 0) is 0 Å². The van der Waals surface area contributed by atoms with E-state index in [2.05, 4.69) is 15.4 Å². The topological polar surface area (TPSA) is 75.7 Å². The van der Waals surface area contributed by atoms with Crippen LogP contribution in [0.25, 0.3) is 17.2 Å². The third-order valence-electron chi connectivity index (χ3n) is 3.50. The highest BCUT2D eigenvalue weighted by molar-refractivity contribution is 5.95. The van der Waals surface area contributed by atoms with Crippen molar-refractivity contribution in [3.63, 3.8) is 0 Å². The number of anilines is 1. The van der Waals surface area contributed by atoms with Crippen LogP contribution in [0.3, 0.4) is 0 Å². The molecule has 7 heteroatoms. The number of hydrogen-bond acceptors (Lipinski definition) is 5. The summed E-state index contributed by atoms with van der Waals surface area (Å²) in [5, 5.41) is 7.46. The summed E-state index contributed by atoms with van der Waals surface area (Å²) in [4.78, 5) is 18.4. The zero-order valence-electron chi connectivity index (χ0n) is 14.7. The molecule has 1 N–H and O–H groups in total. The SMILES string of the molecule is CC.CCN(C)C(=O)c1cc(NC)n2nc(-c3ccco3)nc2c1. The normalized spacial score (nSPS) is 10.2. The Bertz CT molecular complexity index is 808. The van der Waals surface area contributed by atoms with Crippen molar-refractivity contribution >= 4 is 17.4 Å². The third kappa shape index (κ3) is 3.24. The van der Waals surface area contributed by atoms with E-state index in [-0.39, 0.29) is 5.91 Å². The molecule has 3 aromatic rings. The predicted molar refractivity (Wildman–Crippen MR) is 94.2 cm³/mol. The molecule has 0 spiro atoms. The first-order valence-corrected chi connectivity index (χ1v) is 8.02. The number of aromatic nitrogens is 3. The van der Waals surface area contributed by atoms with Gasteiger partial charge in [-0.2, -0.15) is 4.52 Å². The standard InChI is InChI=1S/C15H17N5O2.C2H6/c1-4-19(3)15(21)10-8-12(16-2)20-13(9-10)17-14(18-20)11-6-5-7-22-11;1-2/h5-9,16H,4H2,1-3H3;1-2H3. The van der Waals surface area contributed by atoms with Crippen LogP contribution >= 0.6 is 0 Å². The monoisotopic (exact) mass is 329 g/mol. The van der Waals surface area contributed by atoms with Crippen LogP contribution in [0.5, 0.6) is 0 Å². The molecule has 3 rings (SSSR count). The highest BCUT2D eigenvalue weighted by Crippen LogP contribution is 2.21. The van der Waals surface area contributed by atoms with Crippen molar-refractivity contribution in [2.75, 3.05) is 26.0 Å². The molecule has 0 saturated carbocycles. The molecule has 24 heavy (non-hydrogen) atoms. The Morgan fingerprint density at radius 3 is 2.71 bits per heavy atom. The maximum atomic E-state index is 12.3. The van der Waals surface area contributed by atoms with Gasteiger partial charge in [-0.25, -0.2) is 4.98 Å². The van der Waals surface area contributed by atoms with Gasteiger partial charge in [-0.15, -0.1) is 5.10 Å². The van der Waals surface area contributed by atoms with Gasteiger partial charge in [-0.1, -0.05) is 13.8 Å². The number of fused-ring (bicyclic) bond motifs is 1. The largest absolute Gasteiger partial charge is 0.461 e. The fourth-order valence-corrected chi connectivity index (χ4v) is 2.16. The molecular weight excluding hydrogens is 306 g/mol. The van der Waals surface area contributed by atoms with E-state index < -0.39 is 0 Å². The van der Waals surface area contributed by atoms with Crippen molar-refractivity contribution < 1.29 is 9.21 Å². The maximum absolute atomic E-state index is 12.3. The molecule has 0 bridgehead atoms. The lowest BCUT2D eigenvalue weighted by molar-refractivity contribution is 0.0802. The fourth-order valence-electron chi connectivity index (χ4n) is 2.16. The third-order valence-corrected chi connectivity index (χ3v) is 3.50. The van der Waals surface area contributed by atoms with Gasteiger partial charge in [0.2, 0.25) is 5.82 Å². The van der Waals surface area contributed by atoms with Crippen molar-refractivity contribution in [2.24, 2.45) is 0 Å². The summed E-state index contributed by atoms with van der Waals surface area (Å²) in [6, 6.07) is 7.08. The number of amides is 1. The first-order chi connectivity index (χ1) is 11.6. The van der Waals surface area contributed by atoms with E-state index in [0.29, 0.717) is 35.2 Å². The Hall–Kier alpha value is -2.83. The molecule has 0 aliphatic rings. The van der Waals surface area contributed by atoms with Gasteiger partial charge >= 0.3 is 0 Å². The van der Waals surface area contributed by atoms with E-state index in [0.717, 1.165) is 0 Å². The van der Waals surface area contributed by atoms with Crippen molar-refractivity contribution in [1.82, 2.24) is 19.5 Å². The number of carbonyl (C=O) groups excluding carboxylic acids is 1. The van der Waals surface area contributed by atoms with Crippen molar-refractivity contribution in [3.05, 3.63) is 36.1 Å². The summed E-state index contributed by atoms with van der Waals surface area (Å²) in [5.41, 5.74) is 1.16. The van der Waals surface area contributed by atoms with Crippen molar-refractivity contribution in [3.8, 4) is 11.6 Å². The van der Waals surface area contributed by atoms with Crippen LogP contribution in [0.2, 0.25) is 0 Å². The second-order valence-corrected chi connectivity index (χ2v) is 4.88. The number of rotatable bonds is 4. The molecule has 0 radical (unpaired) electrons. The van der Waals surface area contributed by atoms with Crippen LogP contribution in [0.4, 0.5) is 5.82 Å². The fraction of sp³-hybridized carbons (Fsp3) is 0.353. The number of carbonyl (C=O) groups is 1. The maximum Gasteiger partial charge on any atom is 0.253 e. The van der Waals surface area contributed by atoms with Crippen LogP contribution in [0.1, 0.15) is 31.1 Å². The minimum absolute atomic E-state index is 0.0518. The summed E-state index contributed by atoms with van der Waals surface area (Å²) < 4.78 is 6.98. The van der Waals surface area contributed by atoms with E-state index in [1.54, 1.807) is 54.0 Å². The Balaban J connectivity index is 0.00000100. The predicted octanol–water partition coefficient (Wildman–Crippen LogP) is 3.15. The van der Waals surface area contributed by atoms with Gasteiger partial charge in [0, 0.05) is 26.2 Å². The summed E-state index contributed by atoms with van der Waals surface area (Å²) in [5.74, 6) is 1.71. The summed E-state index contributed by atoms with van der Waals surface area (Å²) in [7, 11) is 3.55. The molecule has 0 aliphatic heterocycles. The Morgan fingerprint density at radius 2 is 2.12 bits per heavy atom. The van der Waals surface area contributed by atoms with Crippen molar-refractivity contribution in [2.45, 2.75) is 20.8 Å². The zero-order valence-corrected chi connectivity index (χ0v) is 14.7. The zero-order chi connectivity index (χ0) is 17.7. The van der Waals surface area contributed by atoms with Gasteiger partial charge in [0.05, 0.1) is 6.26 Å². The van der Waals surface area contributed by atoms with Gasteiger partial charge < -0.3 is 14.6 Å². The van der Waals surface area contributed by atoms with E-state index in [1.807, 2.05) is 20.8 Å². The number of furan rings is 1. The molecule has 3 heterocycles. The summed E-state index contributed by atoms with van der Waals surface area (Å²) in [6.07, 6.45) is 1.57. The van der Waals surface area contributed by atoms with Crippen LogP contribution in [-0.4, -0.2) is 46.0 Å². The lowest BCUT2D eigenvalue weighted by atomic mass is 10.2. The first kappa shape index (κ1) is 17.5. The molecule has 1 amide bonds. The van der Waals surface area contributed by atoms with Gasteiger partial charge in [-0.05, 0) is 31.2 Å². The second kappa shape index (κ2) is 7.63. The van der Waals surface area contributed by atoms with E-state index in [9.17, 15) is 4.79 Å². The number of nitrogens with zero attached hydrogens (tertiary/aromatic N) is 4. The Kier molecular flexibility index (Phi) is 5.57. The second-order valence-electron chi connectivity index (χ2n) is 4.88. The number of hydrogen-bond donors (Lipinski definition) is 1. The Morgan fingerprint density at radius 1 is 1.38 bits per heavy atom. The lowest BCUT2D eigenvalue weighted by Gasteiger charge is -2.15. The average Bonchev–Trinajstić information content (AvgIpc) is 3.30. The molecule has 128 valence electrons. The van der Waals surface area contributed by atoms with Crippen LogP contribution in [0.15, 0.2) is 34.9 Å². The van der Waals surface area contributed by atoms with E-state index in [1.165, 1.54) is 0 Å². The molecule has 0 saturated heterocycles. The minimum Gasteiger partial charge on any atom is -0.461 e. The molecule has 0 aromatic carbocycles. The smallest absolute Gasteiger partial charge is 0.253 e. The molecule has 3 aromatic heterocycles. The molecule has 0 fully saturated rings. The van der Waals surface area contributed by atoms with Gasteiger partial charge in [0.1, 0.15) is 5.82 Å². The lowest BCUT2D eigenvalue weighted by Crippen LogP contribution is -2.26. The van der Waals surface area contributed by atoms with Crippen LogP contribution in [0, 0.1) is 0 Å². The molecule has 0 unspecified atom stereocenters. The minimum atomic E-state index is -0.0518.